The van der Waals surface area contributed by atoms with E-state index >= 15 is 0 Å². The van der Waals surface area contributed by atoms with Gasteiger partial charge in [0, 0.05) is 12.0 Å². The number of hydrogen-bond acceptors (Lipinski definition) is 7. The van der Waals surface area contributed by atoms with Crippen molar-refractivity contribution in [1.82, 2.24) is 35.1 Å². The Morgan fingerprint density at radius 1 is 1.09 bits per heavy atom. The van der Waals surface area contributed by atoms with Crippen LogP contribution < -0.4 is 4.74 Å². The number of imidazole rings is 1. The van der Waals surface area contributed by atoms with E-state index in [9.17, 15) is 27.9 Å². The first-order valence-corrected chi connectivity index (χ1v) is 14.8. The molecule has 6 rings (SSSR count). The number of aromatic nitrogens is 6. The Morgan fingerprint density at radius 2 is 1.83 bits per heavy atom. The van der Waals surface area contributed by atoms with Crippen LogP contribution >= 0.6 is 0 Å². The lowest BCUT2D eigenvalue weighted by atomic mass is 9.96. The number of carbonyl (C=O) groups excluding carboxylic acids is 1. The van der Waals surface area contributed by atoms with Crippen LogP contribution in [0.15, 0.2) is 73.1 Å². The zero-order chi connectivity index (χ0) is 32.4. The fraction of sp³-hybridized carbons (Fsp3) is 0.312. The molecule has 2 N–H and O–H groups in total. The van der Waals surface area contributed by atoms with E-state index in [0.29, 0.717) is 29.7 Å². The Hall–Kier alpha value is -5.27. The van der Waals surface area contributed by atoms with Crippen LogP contribution in [0.4, 0.5) is 13.2 Å². The Labute approximate surface area is 261 Å². The summed E-state index contributed by atoms with van der Waals surface area (Å²) in [5.74, 6) is -1.06. The molecule has 3 atom stereocenters. The van der Waals surface area contributed by atoms with Crippen LogP contribution in [0.2, 0.25) is 0 Å². The Balaban J connectivity index is 1.41. The van der Waals surface area contributed by atoms with Gasteiger partial charge in [-0.2, -0.15) is 18.4 Å². The number of nitrogens with zero attached hydrogens (tertiary/aromatic N) is 6. The highest BCUT2D eigenvalue weighted by Gasteiger charge is 2.44. The van der Waals surface area contributed by atoms with Crippen molar-refractivity contribution in [1.29, 1.82) is 0 Å². The highest BCUT2D eigenvalue weighted by Crippen LogP contribution is 2.41. The minimum atomic E-state index is -4.81. The van der Waals surface area contributed by atoms with Gasteiger partial charge in [-0.3, -0.25) is 4.79 Å². The summed E-state index contributed by atoms with van der Waals surface area (Å²) >= 11 is 0. The molecular weight excluding hydrogens is 603 g/mol. The van der Waals surface area contributed by atoms with Crippen LogP contribution in [0.1, 0.15) is 44.2 Å². The molecule has 46 heavy (non-hydrogen) atoms. The minimum Gasteiger partial charge on any atom is -0.488 e. The predicted molar refractivity (Wildman–Crippen MR) is 161 cm³/mol. The summed E-state index contributed by atoms with van der Waals surface area (Å²) in [4.78, 5) is 32.0. The van der Waals surface area contributed by atoms with E-state index in [1.807, 2.05) is 13.0 Å². The topological polar surface area (TPSA) is 139 Å². The number of benzene rings is 3. The van der Waals surface area contributed by atoms with Crippen LogP contribution in [-0.4, -0.2) is 70.7 Å². The number of likely N-dealkylation sites (tertiary alicyclic amines) is 1. The molecule has 1 aliphatic rings. The van der Waals surface area contributed by atoms with Gasteiger partial charge >= 0.3 is 12.1 Å². The first kappa shape index (κ1) is 30.7. The van der Waals surface area contributed by atoms with E-state index in [2.05, 4.69) is 25.6 Å². The van der Waals surface area contributed by atoms with Crippen molar-refractivity contribution in [2.45, 2.75) is 57.0 Å². The van der Waals surface area contributed by atoms with Crippen LogP contribution in [0.5, 0.6) is 5.75 Å². The quantitative estimate of drug-likeness (QED) is 0.198. The highest BCUT2D eigenvalue weighted by molar-refractivity contribution is 5.92. The van der Waals surface area contributed by atoms with Gasteiger partial charge in [-0.15, -0.1) is 10.2 Å². The van der Waals surface area contributed by atoms with Crippen molar-refractivity contribution in [3.63, 3.8) is 0 Å². The Bertz CT molecular complexity index is 1840. The molecule has 1 fully saturated rings. The molecule has 1 unspecified atom stereocenters. The number of carboxylic acids is 1. The normalized spacial score (nSPS) is 17.3. The highest BCUT2D eigenvalue weighted by atomic mass is 19.4. The molecule has 0 spiro atoms. The van der Waals surface area contributed by atoms with Crippen LogP contribution in [0, 0.1) is 0 Å². The first-order valence-electron chi connectivity index (χ1n) is 14.8. The Kier molecular flexibility index (Phi) is 8.43. The number of aliphatic carboxylic acids is 1. The summed E-state index contributed by atoms with van der Waals surface area (Å²) in [5.41, 5.74) is -0.0607. The average molecular weight is 634 g/mol. The molecule has 0 aliphatic carbocycles. The molecule has 3 aromatic carbocycles. The first-order chi connectivity index (χ1) is 22.2. The zero-order valence-electron chi connectivity index (χ0n) is 24.7. The number of unbranched alkanes of at least 4 members (excludes halogenated alkanes) is 1. The number of halogens is 3. The molecule has 1 saturated heterocycles. The maximum Gasteiger partial charge on any atom is 0.418 e. The number of alkyl halides is 3. The van der Waals surface area contributed by atoms with Gasteiger partial charge in [0.2, 0.25) is 11.7 Å². The van der Waals surface area contributed by atoms with E-state index in [0.717, 1.165) is 6.07 Å². The summed E-state index contributed by atoms with van der Waals surface area (Å²) in [6.45, 7) is 1.88. The second-order valence-electron chi connectivity index (χ2n) is 11.1. The number of nitrogens with one attached hydrogen (secondary N) is 1. The SMILES string of the molecule is CCCCC(C(=O)N1C[C@@H](Oc2ccccc2)C[C@H]1C(=O)O)n1cnc2cc(-c3ccccc3-c3nn[nH]n3)cc(C(F)(F)F)c21. The van der Waals surface area contributed by atoms with Gasteiger partial charge in [0.15, 0.2) is 0 Å². The van der Waals surface area contributed by atoms with Gasteiger partial charge in [-0.25, -0.2) is 9.78 Å². The summed E-state index contributed by atoms with van der Waals surface area (Å²) in [5, 5.41) is 23.9. The lowest BCUT2D eigenvalue weighted by molar-refractivity contribution is -0.149. The van der Waals surface area contributed by atoms with Crippen molar-refractivity contribution >= 4 is 22.9 Å². The second-order valence-corrected chi connectivity index (χ2v) is 11.1. The monoisotopic (exact) mass is 633 g/mol. The van der Waals surface area contributed by atoms with Gasteiger partial charge in [0.05, 0.1) is 29.5 Å². The molecule has 11 nitrogen and oxygen atoms in total. The maximum absolute atomic E-state index is 14.8. The number of para-hydroxylation sites is 1. The number of tetrazole rings is 1. The average Bonchev–Trinajstić information content (AvgIpc) is 3.81. The van der Waals surface area contributed by atoms with Gasteiger partial charge in [0.1, 0.15) is 23.9 Å². The van der Waals surface area contributed by atoms with E-state index in [1.54, 1.807) is 48.5 Å². The molecule has 0 saturated carbocycles. The summed E-state index contributed by atoms with van der Waals surface area (Å²) in [6, 6.07) is 15.8. The number of ether oxygens (including phenoxy) is 1. The molecule has 5 aromatic rings. The second kappa shape index (κ2) is 12.6. The molecule has 1 amide bonds. The lowest BCUT2D eigenvalue weighted by Crippen LogP contribution is -2.44. The number of rotatable bonds is 10. The van der Waals surface area contributed by atoms with Gasteiger partial charge in [0.25, 0.3) is 0 Å². The van der Waals surface area contributed by atoms with Gasteiger partial charge < -0.3 is 19.3 Å². The summed E-state index contributed by atoms with van der Waals surface area (Å²) in [7, 11) is 0. The van der Waals surface area contributed by atoms with Crippen molar-refractivity contribution in [3.8, 4) is 28.3 Å². The molecule has 0 bridgehead atoms. The third kappa shape index (κ3) is 6.02. The lowest BCUT2D eigenvalue weighted by Gasteiger charge is -2.28. The smallest absolute Gasteiger partial charge is 0.418 e. The minimum absolute atomic E-state index is 0.0247. The number of carboxylic acid groups (broad SMARTS) is 1. The predicted octanol–water partition coefficient (Wildman–Crippen LogP) is 5.77. The van der Waals surface area contributed by atoms with Crippen LogP contribution in [0.25, 0.3) is 33.5 Å². The summed E-state index contributed by atoms with van der Waals surface area (Å²) < 4.78 is 51.7. The van der Waals surface area contributed by atoms with Crippen LogP contribution in [-0.2, 0) is 15.8 Å². The third-order valence-electron chi connectivity index (χ3n) is 8.13. The van der Waals surface area contributed by atoms with E-state index < -0.39 is 41.8 Å². The third-order valence-corrected chi connectivity index (χ3v) is 8.13. The molecule has 0 radical (unpaired) electrons. The van der Waals surface area contributed by atoms with Gasteiger partial charge in [-0.05, 0) is 47.0 Å². The van der Waals surface area contributed by atoms with Crippen molar-refractivity contribution in [3.05, 3.63) is 78.6 Å². The van der Waals surface area contributed by atoms with Crippen LogP contribution in [0.3, 0.4) is 0 Å². The Morgan fingerprint density at radius 3 is 2.50 bits per heavy atom. The molecule has 2 aromatic heterocycles. The van der Waals surface area contributed by atoms with E-state index in [4.69, 9.17) is 4.74 Å². The van der Waals surface area contributed by atoms with Crippen molar-refractivity contribution in [2.75, 3.05) is 6.54 Å². The number of hydrogen-bond donors (Lipinski definition) is 2. The number of amides is 1. The number of aromatic amines is 1. The molecular formula is C32H30F3N7O4. The van der Waals surface area contributed by atoms with Crippen molar-refractivity contribution in [2.24, 2.45) is 0 Å². The maximum atomic E-state index is 14.8. The van der Waals surface area contributed by atoms with Gasteiger partial charge in [-0.1, -0.05) is 62.2 Å². The molecule has 1 aliphatic heterocycles. The summed E-state index contributed by atoms with van der Waals surface area (Å²) in [6.07, 6.45) is -2.77. The number of fused-ring (bicyclic) bond motifs is 1. The largest absolute Gasteiger partial charge is 0.488 e. The van der Waals surface area contributed by atoms with E-state index in [1.165, 1.54) is 21.9 Å². The van der Waals surface area contributed by atoms with Crippen molar-refractivity contribution < 1.29 is 32.6 Å². The fourth-order valence-electron chi connectivity index (χ4n) is 6.01. The molecule has 14 heteroatoms. The molecule has 3 heterocycles. The standard InChI is InChI=1S/C32H30F3N7O4/c1-2-3-13-26(30(43)41-17-21(16-27(41)31(44)45)46-20-9-5-4-6-10-20)42-18-36-25-15-19(14-24(28(25)42)32(33,34)35)22-11-7-8-12-23(22)29-37-39-40-38-29/h4-12,14-15,18,21,26-27H,2-3,13,16-17H2,1H3,(H,44,45)(H,37,38,39,40)/t21-,26?,27-/m0/s1. The number of H-pyrrole nitrogens is 1. The van der Waals surface area contributed by atoms with E-state index in [-0.39, 0.29) is 41.8 Å². The fourth-order valence-corrected chi connectivity index (χ4v) is 6.01. The zero-order valence-corrected chi connectivity index (χ0v) is 24.7. The number of carbonyl (C=O) groups is 2. The molecule has 238 valence electrons.